The van der Waals surface area contributed by atoms with Crippen LogP contribution in [-0.4, -0.2) is 34.7 Å². The number of carbonyl (C=O) groups excluding carboxylic acids is 1. The van der Waals surface area contributed by atoms with Crippen LogP contribution in [-0.2, 0) is 4.79 Å². The molecule has 0 fully saturated rings. The number of anilines is 1. The second kappa shape index (κ2) is 6.78. The normalized spacial score (nSPS) is 14.2. The molecular formula is C16H17N3O3S. The molecule has 1 aromatic heterocycles. The fourth-order valence-corrected chi connectivity index (χ4v) is 2.40. The van der Waals surface area contributed by atoms with Gasteiger partial charge in [0.05, 0.1) is 0 Å². The Kier molecular flexibility index (Phi) is 4.57. The lowest BCUT2D eigenvalue weighted by atomic mass is 10.2. The Labute approximate surface area is 139 Å². The second-order valence-electron chi connectivity index (χ2n) is 5.18. The van der Waals surface area contributed by atoms with E-state index in [1.54, 1.807) is 23.2 Å². The Morgan fingerprint density at radius 2 is 2.26 bits per heavy atom. The molecule has 1 N–H and O–H groups in total. The molecule has 1 unspecified atom stereocenters. The summed E-state index contributed by atoms with van der Waals surface area (Å²) in [6, 6.07) is 7.29. The molecule has 0 saturated heterocycles. The fraction of sp³-hybridized carbons (Fsp3) is 0.250. The zero-order chi connectivity index (χ0) is 16.2. The number of fused-ring (bicyclic) bond motifs is 1. The SMILES string of the molecule is CC(S)CN(C(=O)/C=C/c1ccc2c(c1)OCO2)c1cc[nH]n1. The summed E-state index contributed by atoms with van der Waals surface area (Å²) >= 11 is 4.36. The number of ether oxygens (including phenoxy) is 2. The van der Waals surface area contributed by atoms with E-state index in [9.17, 15) is 4.79 Å². The van der Waals surface area contributed by atoms with E-state index in [1.165, 1.54) is 6.08 Å². The minimum Gasteiger partial charge on any atom is -0.454 e. The van der Waals surface area contributed by atoms with Crippen molar-refractivity contribution in [2.45, 2.75) is 12.2 Å². The van der Waals surface area contributed by atoms with Gasteiger partial charge in [-0.3, -0.25) is 14.8 Å². The lowest BCUT2D eigenvalue weighted by Gasteiger charge is -2.20. The first-order valence-electron chi connectivity index (χ1n) is 7.20. The molecule has 1 aliphatic heterocycles. The third-order valence-corrected chi connectivity index (χ3v) is 3.45. The van der Waals surface area contributed by atoms with Gasteiger partial charge in [-0.25, -0.2) is 0 Å². The van der Waals surface area contributed by atoms with Crippen molar-refractivity contribution in [3.63, 3.8) is 0 Å². The molecule has 0 radical (unpaired) electrons. The van der Waals surface area contributed by atoms with Crippen LogP contribution in [0, 0.1) is 0 Å². The first kappa shape index (κ1) is 15.5. The summed E-state index contributed by atoms with van der Waals surface area (Å²) in [7, 11) is 0. The van der Waals surface area contributed by atoms with E-state index in [4.69, 9.17) is 9.47 Å². The van der Waals surface area contributed by atoms with Crippen LogP contribution < -0.4 is 14.4 Å². The average Bonchev–Trinajstić information content (AvgIpc) is 3.20. The number of nitrogens with one attached hydrogen (secondary N) is 1. The minimum absolute atomic E-state index is 0.0367. The number of benzene rings is 1. The van der Waals surface area contributed by atoms with Crippen LogP contribution in [0.15, 0.2) is 36.5 Å². The van der Waals surface area contributed by atoms with Crippen LogP contribution in [0.2, 0.25) is 0 Å². The molecule has 7 heteroatoms. The monoisotopic (exact) mass is 331 g/mol. The van der Waals surface area contributed by atoms with Gasteiger partial charge >= 0.3 is 0 Å². The molecule has 3 rings (SSSR count). The second-order valence-corrected chi connectivity index (χ2v) is 6.06. The highest BCUT2D eigenvalue weighted by atomic mass is 32.1. The van der Waals surface area contributed by atoms with Crippen molar-refractivity contribution in [3.05, 3.63) is 42.1 Å². The predicted molar refractivity (Wildman–Crippen MR) is 91.0 cm³/mol. The van der Waals surface area contributed by atoms with E-state index in [-0.39, 0.29) is 18.0 Å². The summed E-state index contributed by atoms with van der Waals surface area (Å²) in [5.74, 6) is 1.82. The van der Waals surface area contributed by atoms with Crippen molar-refractivity contribution in [1.29, 1.82) is 0 Å². The van der Waals surface area contributed by atoms with Gasteiger partial charge in [0.2, 0.25) is 6.79 Å². The zero-order valence-electron chi connectivity index (χ0n) is 12.6. The topological polar surface area (TPSA) is 67.5 Å². The highest BCUT2D eigenvalue weighted by Crippen LogP contribution is 2.32. The third-order valence-electron chi connectivity index (χ3n) is 3.29. The fourth-order valence-electron chi connectivity index (χ4n) is 2.24. The van der Waals surface area contributed by atoms with Crippen molar-refractivity contribution in [2.75, 3.05) is 18.2 Å². The average molecular weight is 331 g/mol. The van der Waals surface area contributed by atoms with Gasteiger partial charge in [0.15, 0.2) is 17.3 Å². The van der Waals surface area contributed by atoms with Gasteiger partial charge in [-0.05, 0) is 23.8 Å². The molecule has 2 aromatic rings. The third kappa shape index (κ3) is 3.68. The number of amides is 1. The van der Waals surface area contributed by atoms with E-state index in [0.29, 0.717) is 18.1 Å². The van der Waals surface area contributed by atoms with E-state index in [0.717, 1.165) is 11.3 Å². The van der Waals surface area contributed by atoms with E-state index >= 15 is 0 Å². The highest BCUT2D eigenvalue weighted by Gasteiger charge is 2.17. The summed E-state index contributed by atoms with van der Waals surface area (Å²) in [4.78, 5) is 14.1. The first-order valence-corrected chi connectivity index (χ1v) is 7.72. The zero-order valence-corrected chi connectivity index (χ0v) is 13.5. The van der Waals surface area contributed by atoms with E-state index < -0.39 is 0 Å². The number of aromatic nitrogens is 2. The number of hydrogen-bond acceptors (Lipinski definition) is 5. The molecule has 23 heavy (non-hydrogen) atoms. The summed E-state index contributed by atoms with van der Waals surface area (Å²) in [5.41, 5.74) is 0.864. The van der Waals surface area contributed by atoms with E-state index in [2.05, 4.69) is 22.8 Å². The Morgan fingerprint density at radius 3 is 3.00 bits per heavy atom. The van der Waals surface area contributed by atoms with Gasteiger partial charge in [0.1, 0.15) is 0 Å². The van der Waals surface area contributed by atoms with Crippen LogP contribution in [0.1, 0.15) is 12.5 Å². The van der Waals surface area contributed by atoms with Crippen LogP contribution in [0.25, 0.3) is 6.08 Å². The lowest BCUT2D eigenvalue weighted by Crippen LogP contribution is -2.34. The number of rotatable bonds is 5. The number of H-pyrrole nitrogens is 1. The molecule has 6 nitrogen and oxygen atoms in total. The Bertz CT molecular complexity index is 713. The Balaban J connectivity index is 1.75. The molecule has 0 bridgehead atoms. The summed E-state index contributed by atoms with van der Waals surface area (Å²) < 4.78 is 10.6. The lowest BCUT2D eigenvalue weighted by molar-refractivity contribution is -0.114. The van der Waals surface area contributed by atoms with Gasteiger partial charge in [0.25, 0.3) is 5.91 Å². The van der Waals surface area contributed by atoms with Gasteiger partial charge in [-0.1, -0.05) is 13.0 Å². The maximum Gasteiger partial charge on any atom is 0.252 e. The van der Waals surface area contributed by atoms with Crippen LogP contribution in [0.5, 0.6) is 11.5 Å². The maximum atomic E-state index is 12.5. The van der Waals surface area contributed by atoms with Crippen molar-refractivity contribution in [3.8, 4) is 11.5 Å². The summed E-state index contributed by atoms with van der Waals surface area (Å²) in [6.45, 7) is 2.63. The molecule has 1 aliphatic rings. The van der Waals surface area contributed by atoms with Crippen molar-refractivity contribution in [2.24, 2.45) is 0 Å². The maximum absolute atomic E-state index is 12.5. The quantitative estimate of drug-likeness (QED) is 0.652. The van der Waals surface area contributed by atoms with Crippen LogP contribution >= 0.6 is 12.6 Å². The van der Waals surface area contributed by atoms with Gasteiger partial charge < -0.3 is 9.47 Å². The van der Waals surface area contributed by atoms with Crippen molar-refractivity contribution < 1.29 is 14.3 Å². The smallest absolute Gasteiger partial charge is 0.252 e. The molecule has 1 amide bonds. The van der Waals surface area contributed by atoms with Crippen molar-refractivity contribution in [1.82, 2.24) is 10.2 Å². The van der Waals surface area contributed by atoms with Crippen LogP contribution in [0.3, 0.4) is 0 Å². The first-order chi connectivity index (χ1) is 11.1. The van der Waals surface area contributed by atoms with Crippen LogP contribution in [0.4, 0.5) is 5.82 Å². The predicted octanol–water partition coefficient (Wildman–Crippen LogP) is 2.50. The highest BCUT2D eigenvalue weighted by molar-refractivity contribution is 7.81. The molecule has 1 atom stereocenters. The van der Waals surface area contributed by atoms with Crippen molar-refractivity contribution >= 4 is 30.4 Å². The number of carbonyl (C=O) groups is 1. The number of thiol groups is 1. The molecule has 0 aliphatic carbocycles. The summed E-state index contributed by atoms with van der Waals surface area (Å²) in [6.07, 6.45) is 4.94. The Morgan fingerprint density at radius 1 is 1.43 bits per heavy atom. The van der Waals surface area contributed by atoms with E-state index in [1.807, 2.05) is 25.1 Å². The molecule has 1 aromatic carbocycles. The van der Waals surface area contributed by atoms with Gasteiger partial charge in [-0.15, -0.1) is 0 Å². The van der Waals surface area contributed by atoms with Gasteiger partial charge in [0, 0.05) is 30.1 Å². The largest absolute Gasteiger partial charge is 0.454 e. The number of nitrogens with zero attached hydrogens (tertiary/aromatic N) is 2. The molecule has 2 heterocycles. The molecule has 120 valence electrons. The number of aromatic amines is 1. The van der Waals surface area contributed by atoms with Gasteiger partial charge in [-0.2, -0.15) is 17.7 Å². The summed E-state index contributed by atoms with van der Waals surface area (Å²) in [5, 5.41) is 6.82. The standard InChI is InChI=1S/C16H17N3O3S/c1-11(23)9-19(15-6-7-17-18-15)16(20)5-3-12-2-4-13-14(8-12)22-10-21-13/h2-8,11,23H,9-10H2,1H3,(H,17,18)/b5-3+. The molecular weight excluding hydrogens is 314 g/mol. The minimum atomic E-state index is -0.157. The molecule has 0 saturated carbocycles. The molecule has 0 spiro atoms. The Hall–Kier alpha value is -2.41. The number of hydrogen-bond donors (Lipinski definition) is 2.